The molecule has 0 saturated carbocycles. The molecule has 0 radical (unpaired) electrons. The number of sulfone groups is 1. The molecule has 0 bridgehead atoms. The van der Waals surface area contributed by atoms with Gasteiger partial charge in [-0.1, -0.05) is 17.7 Å². The van der Waals surface area contributed by atoms with Crippen LogP contribution in [-0.4, -0.2) is 36.5 Å². The van der Waals surface area contributed by atoms with Gasteiger partial charge in [0.25, 0.3) is 5.69 Å². The number of carbonyl (C=O) groups is 1. The third kappa shape index (κ3) is 4.75. The quantitative estimate of drug-likeness (QED) is 0.480. The minimum absolute atomic E-state index is 0.0167. The van der Waals surface area contributed by atoms with Crippen LogP contribution in [0.5, 0.6) is 0 Å². The molecule has 0 aliphatic carbocycles. The van der Waals surface area contributed by atoms with Gasteiger partial charge in [-0.25, -0.2) is 13.8 Å². The molecule has 0 unspecified atom stereocenters. The van der Waals surface area contributed by atoms with Crippen molar-refractivity contribution in [3.63, 3.8) is 0 Å². The summed E-state index contributed by atoms with van der Waals surface area (Å²) in [6, 6.07) is 4.22. The molecule has 1 atom stereocenters. The van der Waals surface area contributed by atoms with Crippen molar-refractivity contribution < 1.29 is 18.1 Å². The van der Waals surface area contributed by atoms with Crippen LogP contribution in [0.3, 0.4) is 0 Å². The van der Waals surface area contributed by atoms with Gasteiger partial charge in [0.2, 0.25) is 5.91 Å². The highest BCUT2D eigenvalue weighted by atomic mass is 35.5. The van der Waals surface area contributed by atoms with Crippen molar-refractivity contribution in [1.29, 1.82) is 0 Å². The molecule has 0 spiro atoms. The number of nitrogens with one attached hydrogen (secondary N) is 1. The van der Waals surface area contributed by atoms with Gasteiger partial charge >= 0.3 is 0 Å². The molecule has 10 heteroatoms. The van der Waals surface area contributed by atoms with Gasteiger partial charge in [0.05, 0.1) is 22.1 Å². The van der Waals surface area contributed by atoms with Crippen LogP contribution < -0.4 is 5.43 Å². The van der Waals surface area contributed by atoms with Crippen molar-refractivity contribution >= 4 is 38.7 Å². The second-order valence-corrected chi connectivity index (χ2v) is 8.26. The maximum atomic E-state index is 11.8. The molecular formula is C14H16ClN3O5S. The Morgan fingerprint density at radius 3 is 2.79 bits per heavy atom. The van der Waals surface area contributed by atoms with E-state index >= 15 is 0 Å². The van der Waals surface area contributed by atoms with Crippen LogP contribution >= 0.6 is 11.6 Å². The summed E-state index contributed by atoms with van der Waals surface area (Å²) >= 11 is 5.74. The van der Waals surface area contributed by atoms with Gasteiger partial charge in [-0.2, -0.15) is 5.10 Å². The number of hydrogen-bond donors (Lipinski definition) is 1. The molecule has 0 aromatic heterocycles. The number of nitrogens with zero attached hydrogens (tertiary/aromatic N) is 2. The Balaban J connectivity index is 2.00. The van der Waals surface area contributed by atoms with Crippen LogP contribution in [0.25, 0.3) is 0 Å². The summed E-state index contributed by atoms with van der Waals surface area (Å²) in [5, 5.41) is 14.8. The zero-order valence-electron chi connectivity index (χ0n) is 12.9. The van der Waals surface area contributed by atoms with Gasteiger partial charge < -0.3 is 0 Å². The van der Waals surface area contributed by atoms with Crippen LogP contribution in [-0.2, 0) is 14.6 Å². The number of hydrogen-bond acceptors (Lipinski definition) is 6. The molecule has 1 saturated heterocycles. The molecule has 130 valence electrons. The van der Waals surface area contributed by atoms with E-state index < -0.39 is 14.8 Å². The largest absolute Gasteiger partial charge is 0.288 e. The fourth-order valence-corrected chi connectivity index (χ4v) is 4.48. The molecule has 1 aliphatic rings. The van der Waals surface area contributed by atoms with Gasteiger partial charge in [0.15, 0.2) is 9.84 Å². The van der Waals surface area contributed by atoms with E-state index in [2.05, 4.69) is 10.5 Å². The Labute approximate surface area is 144 Å². The normalized spacial score (nSPS) is 19.9. The van der Waals surface area contributed by atoms with Crippen molar-refractivity contribution in [3.8, 4) is 0 Å². The minimum Gasteiger partial charge on any atom is -0.273 e. The van der Waals surface area contributed by atoms with Crippen molar-refractivity contribution in [2.45, 2.75) is 19.8 Å². The molecule has 8 nitrogen and oxygen atoms in total. The van der Waals surface area contributed by atoms with Crippen LogP contribution in [0.15, 0.2) is 23.3 Å². The third-order valence-corrected chi connectivity index (χ3v) is 5.87. The van der Waals surface area contributed by atoms with Gasteiger partial charge in [0.1, 0.15) is 5.02 Å². The van der Waals surface area contributed by atoms with Crippen LogP contribution in [0.2, 0.25) is 5.02 Å². The van der Waals surface area contributed by atoms with Crippen LogP contribution in [0.1, 0.15) is 25.3 Å². The van der Waals surface area contributed by atoms with Crippen molar-refractivity contribution in [3.05, 3.63) is 38.9 Å². The number of hydrazone groups is 1. The van der Waals surface area contributed by atoms with E-state index in [1.807, 2.05) is 0 Å². The average molecular weight is 374 g/mol. The summed E-state index contributed by atoms with van der Waals surface area (Å²) < 4.78 is 22.7. The van der Waals surface area contributed by atoms with E-state index in [4.69, 9.17) is 11.6 Å². The first-order valence-electron chi connectivity index (χ1n) is 7.16. The Kier molecular flexibility index (Phi) is 5.55. The summed E-state index contributed by atoms with van der Waals surface area (Å²) in [5.41, 5.74) is 2.94. The Bertz CT molecular complexity index is 807. The predicted molar refractivity (Wildman–Crippen MR) is 89.8 cm³/mol. The summed E-state index contributed by atoms with van der Waals surface area (Å²) in [5.74, 6) is -0.448. The molecule has 1 aromatic carbocycles. The fourth-order valence-electron chi connectivity index (χ4n) is 2.43. The monoisotopic (exact) mass is 373 g/mol. The van der Waals surface area contributed by atoms with E-state index in [1.54, 1.807) is 13.0 Å². The van der Waals surface area contributed by atoms with Gasteiger partial charge in [-0.05, 0) is 25.3 Å². The van der Waals surface area contributed by atoms with Crippen LogP contribution in [0, 0.1) is 16.0 Å². The highest BCUT2D eigenvalue weighted by Crippen LogP contribution is 2.25. The maximum Gasteiger partial charge on any atom is 0.288 e. The van der Waals surface area contributed by atoms with E-state index in [-0.39, 0.29) is 40.5 Å². The molecule has 1 N–H and O–H groups in total. The van der Waals surface area contributed by atoms with Gasteiger partial charge in [-0.15, -0.1) is 0 Å². The lowest BCUT2D eigenvalue weighted by Gasteiger charge is -2.07. The predicted octanol–water partition coefficient (Wildman–Crippen LogP) is 1.91. The highest BCUT2D eigenvalue weighted by molar-refractivity contribution is 7.91. The molecule has 2 rings (SSSR count). The van der Waals surface area contributed by atoms with E-state index in [0.717, 1.165) is 0 Å². The molecule has 1 heterocycles. The number of carbonyl (C=O) groups excluding carboxylic acids is 1. The first kappa shape index (κ1) is 18.3. The number of amides is 1. The molecular weight excluding hydrogens is 358 g/mol. The first-order valence-corrected chi connectivity index (χ1v) is 9.36. The minimum atomic E-state index is -3.02. The Hall–Kier alpha value is -2.00. The number of benzene rings is 1. The standard InChI is InChI=1S/C14H16ClN3O5S/c1-9(11-2-3-12(15)13(7-11)18(20)21)16-17-14(19)6-10-4-5-24(22,23)8-10/h2-3,7,10H,4-6,8H2,1H3,(H,17,19)/b16-9-/t10-/m1/s1. The topological polar surface area (TPSA) is 119 Å². The molecule has 1 aromatic rings. The second kappa shape index (κ2) is 7.27. The Morgan fingerprint density at radius 1 is 1.50 bits per heavy atom. The lowest BCUT2D eigenvalue weighted by Crippen LogP contribution is -2.22. The molecule has 1 aliphatic heterocycles. The first-order chi connectivity index (χ1) is 11.2. The molecule has 24 heavy (non-hydrogen) atoms. The van der Waals surface area contributed by atoms with Gasteiger partial charge in [-0.3, -0.25) is 14.9 Å². The van der Waals surface area contributed by atoms with Crippen molar-refractivity contribution in [2.75, 3.05) is 11.5 Å². The molecule has 1 fully saturated rings. The summed E-state index contributed by atoms with van der Waals surface area (Å²) in [6.07, 6.45) is 0.554. The fraction of sp³-hybridized carbons (Fsp3) is 0.429. The lowest BCUT2D eigenvalue weighted by molar-refractivity contribution is -0.384. The third-order valence-electron chi connectivity index (χ3n) is 3.71. The van der Waals surface area contributed by atoms with E-state index in [0.29, 0.717) is 17.7 Å². The van der Waals surface area contributed by atoms with Crippen molar-refractivity contribution in [1.82, 2.24) is 5.43 Å². The Morgan fingerprint density at radius 2 is 2.21 bits per heavy atom. The lowest BCUT2D eigenvalue weighted by atomic mass is 10.1. The highest BCUT2D eigenvalue weighted by Gasteiger charge is 2.29. The number of rotatable bonds is 5. The van der Waals surface area contributed by atoms with E-state index in [9.17, 15) is 23.3 Å². The summed E-state index contributed by atoms with van der Waals surface area (Å²) in [7, 11) is -3.02. The smallest absolute Gasteiger partial charge is 0.273 e. The zero-order valence-corrected chi connectivity index (χ0v) is 14.4. The maximum absolute atomic E-state index is 11.8. The van der Waals surface area contributed by atoms with E-state index in [1.165, 1.54) is 12.1 Å². The average Bonchev–Trinajstić information content (AvgIpc) is 2.83. The van der Waals surface area contributed by atoms with Crippen molar-refractivity contribution in [2.24, 2.45) is 11.0 Å². The van der Waals surface area contributed by atoms with Gasteiger partial charge in [0, 0.05) is 18.1 Å². The number of halogens is 1. The number of nitro benzene ring substituents is 1. The summed E-state index contributed by atoms with van der Waals surface area (Å²) in [4.78, 5) is 22.1. The SMILES string of the molecule is C/C(=N/NC(=O)C[C@H]1CCS(=O)(=O)C1)c1ccc(Cl)c([N+](=O)[O-])c1. The molecule has 1 amide bonds. The zero-order chi connectivity index (χ0) is 17.9. The second-order valence-electron chi connectivity index (χ2n) is 5.63. The van der Waals surface area contributed by atoms with Crippen LogP contribution in [0.4, 0.5) is 5.69 Å². The summed E-state index contributed by atoms with van der Waals surface area (Å²) in [6.45, 7) is 1.59. The number of nitro groups is 1.